The Morgan fingerprint density at radius 2 is 1.55 bits per heavy atom. The van der Waals surface area contributed by atoms with Crippen LogP contribution < -0.4 is 0 Å². The van der Waals surface area contributed by atoms with E-state index in [1.54, 1.807) is 0 Å². The quantitative estimate of drug-likeness (QED) is 0.377. The summed E-state index contributed by atoms with van der Waals surface area (Å²) in [5.41, 5.74) is 0. The summed E-state index contributed by atoms with van der Waals surface area (Å²) in [6.45, 7) is 4.09. The first-order valence-corrected chi connectivity index (χ1v) is 8.58. The van der Waals surface area contributed by atoms with Gasteiger partial charge in [0.2, 0.25) is 0 Å². The Balaban J connectivity index is 4.05. The zero-order valence-corrected chi connectivity index (χ0v) is 14.1. The number of hydrogen-bond donors (Lipinski definition) is 2. The van der Waals surface area contributed by atoms with Crippen LogP contribution in [0.5, 0.6) is 0 Å². The van der Waals surface area contributed by atoms with Crippen LogP contribution in [-0.2, 0) is 14.3 Å². The highest BCUT2D eigenvalue weighted by Crippen LogP contribution is 2.14. The number of aliphatic hydroxyl groups is 1. The summed E-state index contributed by atoms with van der Waals surface area (Å²) in [6, 6.07) is 0. The number of aliphatic carboxylic acids is 1. The molecule has 0 spiro atoms. The number of carboxylic acids is 1. The lowest BCUT2D eigenvalue weighted by Crippen LogP contribution is -2.24. The molecule has 0 aromatic carbocycles. The lowest BCUT2D eigenvalue weighted by molar-refractivity contribution is -0.155. The van der Waals surface area contributed by atoms with Crippen LogP contribution in [-0.4, -0.2) is 34.4 Å². The van der Waals surface area contributed by atoms with E-state index in [2.05, 4.69) is 6.92 Å². The standard InChI is InChI=1S/C17H32O5/c1-3-5-6-7-8-9-11-15(13-16(19)20)22-17(21)12-14(18)10-4-2/h14-15,18H,3-13H2,1-2H3,(H,19,20). The van der Waals surface area contributed by atoms with Crippen LogP contribution in [0.4, 0.5) is 0 Å². The van der Waals surface area contributed by atoms with Crippen molar-refractivity contribution in [1.29, 1.82) is 0 Å². The Morgan fingerprint density at radius 3 is 2.14 bits per heavy atom. The summed E-state index contributed by atoms with van der Waals surface area (Å²) < 4.78 is 5.23. The Labute approximate surface area is 134 Å². The molecule has 0 aliphatic heterocycles. The van der Waals surface area contributed by atoms with E-state index < -0.39 is 24.1 Å². The van der Waals surface area contributed by atoms with E-state index in [0.29, 0.717) is 12.8 Å². The zero-order chi connectivity index (χ0) is 16.8. The molecule has 0 aliphatic rings. The Hall–Kier alpha value is -1.10. The van der Waals surface area contributed by atoms with Crippen LogP contribution in [0.2, 0.25) is 0 Å². The molecule has 0 aromatic rings. The Bertz CT molecular complexity index is 303. The van der Waals surface area contributed by atoms with E-state index in [-0.39, 0.29) is 12.8 Å². The molecule has 0 amide bonds. The van der Waals surface area contributed by atoms with E-state index in [1.165, 1.54) is 19.3 Å². The van der Waals surface area contributed by atoms with Crippen molar-refractivity contribution >= 4 is 11.9 Å². The van der Waals surface area contributed by atoms with Crippen LogP contribution in [0.15, 0.2) is 0 Å². The average molecular weight is 316 g/mol. The molecule has 130 valence electrons. The molecule has 0 radical (unpaired) electrons. The van der Waals surface area contributed by atoms with Gasteiger partial charge in [0, 0.05) is 0 Å². The molecule has 2 atom stereocenters. The first kappa shape index (κ1) is 20.9. The molecule has 22 heavy (non-hydrogen) atoms. The van der Waals surface area contributed by atoms with Gasteiger partial charge in [0.15, 0.2) is 0 Å². The first-order valence-electron chi connectivity index (χ1n) is 8.58. The number of carbonyl (C=O) groups is 2. The predicted octanol–water partition coefficient (Wildman–Crippen LogP) is 3.67. The lowest BCUT2D eigenvalue weighted by atomic mass is 10.1. The second kappa shape index (κ2) is 13.6. The van der Waals surface area contributed by atoms with Crippen LogP contribution in [0.1, 0.15) is 84.5 Å². The summed E-state index contributed by atoms with van der Waals surface area (Å²) in [6.07, 6.45) is 7.09. The third-order valence-corrected chi connectivity index (χ3v) is 3.60. The van der Waals surface area contributed by atoms with Gasteiger partial charge in [-0.25, -0.2) is 0 Å². The minimum atomic E-state index is -0.960. The summed E-state index contributed by atoms with van der Waals surface area (Å²) in [7, 11) is 0. The van der Waals surface area contributed by atoms with Gasteiger partial charge in [0.05, 0.1) is 18.9 Å². The number of aliphatic hydroxyl groups excluding tert-OH is 1. The van der Waals surface area contributed by atoms with E-state index in [1.807, 2.05) is 6.92 Å². The number of unbranched alkanes of at least 4 members (excludes halogenated alkanes) is 5. The molecule has 2 unspecified atom stereocenters. The average Bonchev–Trinajstić information content (AvgIpc) is 2.41. The largest absolute Gasteiger partial charge is 0.481 e. The van der Waals surface area contributed by atoms with Crippen molar-refractivity contribution < 1.29 is 24.5 Å². The molecule has 0 saturated carbocycles. The molecule has 0 bridgehead atoms. The van der Waals surface area contributed by atoms with Gasteiger partial charge in [0.1, 0.15) is 6.10 Å². The van der Waals surface area contributed by atoms with Crippen LogP contribution in [0, 0.1) is 0 Å². The van der Waals surface area contributed by atoms with Gasteiger partial charge >= 0.3 is 11.9 Å². The molecular formula is C17H32O5. The van der Waals surface area contributed by atoms with Gasteiger partial charge in [-0.3, -0.25) is 9.59 Å². The minimum Gasteiger partial charge on any atom is -0.481 e. The van der Waals surface area contributed by atoms with Gasteiger partial charge < -0.3 is 14.9 Å². The monoisotopic (exact) mass is 316 g/mol. The summed E-state index contributed by atoms with van der Waals surface area (Å²) in [4.78, 5) is 22.6. The minimum absolute atomic E-state index is 0.0551. The second-order valence-electron chi connectivity index (χ2n) is 5.91. The van der Waals surface area contributed by atoms with Crippen molar-refractivity contribution in [3.05, 3.63) is 0 Å². The summed E-state index contributed by atoms with van der Waals surface area (Å²) >= 11 is 0. The normalized spacial score (nSPS) is 13.6. The molecule has 5 heteroatoms. The third kappa shape index (κ3) is 12.6. The summed E-state index contributed by atoms with van der Waals surface area (Å²) in [5.74, 6) is -1.46. The smallest absolute Gasteiger partial charge is 0.308 e. The fourth-order valence-corrected chi connectivity index (χ4v) is 2.41. The highest BCUT2D eigenvalue weighted by molar-refractivity contribution is 5.71. The lowest BCUT2D eigenvalue weighted by Gasteiger charge is -2.17. The number of rotatable bonds is 14. The molecule has 0 fully saturated rings. The van der Waals surface area contributed by atoms with Crippen molar-refractivity contribution in [2.45, 2.75) is 96.7 Å². The number of ether oxygens (including phenoxy) is 1. The molecule has 2 N–H and O–H groups in total. The maximum absolute atomic E-state index is 11.7. The topological polar surface area (TPSA) is 83.8 Å². The first-order chi connectivity index (χ1) is 10.5. The highest BCUT2D eigenvalue weighted by Gasteiger charge is 2.19. The van der Waals surface area contributed by atoms with Crippen molar-refractivity contribution in [2.24, 2.45) is 0 Å². The number of esters is 1. The summed E-state index contributed by atoms with van der Waals surface area (Å²) in [5, 5.41) is 18.5. The van der Waals surface area contributed by atoms with E-state index in [4.69, 9.17) is 9.84 Å². The van der Waals surface area contributed by atoms with Gasteiger partial charge in [-0.1, -0.05) is 52.4 Å². The number of carboxylic acid groups (broad SMARTS) is 1. The Kier molecular flexibility index (Phi) is 12.9. The van der Waals surface area contributed by atoms with E-state index >= 15 is 0 Å². The van der Waals surface area contributed by atoms with Gasteiger partial charge in [-0.05, 0) is 19.3 Å². The van der Waals surface area contributed by atoms with Crippen molar-refractivity contribution in [3.63, 3.8) is 0 Å². The molecule has 0 rings (SSSR count). The number of carbonyl (C=O) groups excluding carboxylic acids is 1. The van der Waals surface area contributed by atoms with Crippen LogP contribution in [0.3, 0.4) is 0 Å². The van der Waals surface area contributed by atoms with Gasteiger partial charge in [-0.15, -0.1) is 0 Å². The molecular weight excluding hydrogens is 284 g/mol. The van der Waals surface area contributed by atoms with Gasteiger partial charge in [0.25, 0.3) is 0 Å². The predicted molar refractivity (Wildman–Crippen MR) is 85.7 cm³/mol. The molecule has 0 heterocycles. The molecule has 5 nitrogen and oxygen atoms in total. The fraction of sp³-hybridized carbons (Fsp3) is 0.882. The van der Waals surface area contributed by atoms with Crippen molar-refractivity contribution in [1.82, 2.24) is 0 Å². The van der Waals surface area contributed by atoms with Crippen molar-refractivity contribution in [3.8, 4) is 0 Å². The van der Waals surface area contributed by atoms with E-state index in [9.17, 15) is 14.7 Å². The fourth-order valence-electron chi connectivity index (χ4n) is 2.41. The molecule has 0 saturated heterocycles. The van der Waals surface area contributed by atoms with Crippen LogP contribution >= 0.6 is 0 Å². The molecule has 0 aromatic heterocycles. The van der Waals surface area contributed by atoms with Gasteiger partial charge in [-0.2, -0.15) is 0 Å². The second-order valence-corrected chi connectivity index (χ2v) is 5.91. The maximum atomic E-state index is 11.7. The van der Waals surface area contributed by atoms with E-state index in [0.717, 1.165) is 25.7 Å². The SMILES string of the molecule is CCCCCCCCC(CC(=O)O)OC(=O)CC(O)CCC. The highest BCUT2D eigenvalue weighted by atomic mass is 16.5. The molecule has 0 aliphatic carbocycles. The zero-order valence-electron chi connectivity index (χ0n) is 14.1. The third-order valence-electron chi connectivity index (χ3n) is 3.60. The van der Waals surface area contributed by atoms with Crippen molar-refractivity contribution in [2.75, 3.05) is 0 Å². The number of hydrogen-bond acceptors (Lipinski definition) is 4. The van der Waals surface area contributed by atoms with Crippen LogP contribution in [0.25, 0.3) is 0 Å². The maximum Gasteiger partial charge on any atom is 0.308 e. The Morgan fingerprint density at radius 1 is 0.909 bits per heavy atom.